The Balaban J connectivity index is 2.50. The van der Waals surface area contributed by atoms with Crippen LogP contribution in [0.3, 0.4) is 0 Å². The molecule has 1 aromatic rings. The van der Waals surface area contributed by atoms with Crippen molar-refractivity contribution >= 4 is 28.9 Å². The van der Waals surface area contributed by atoms with Gasteiger partial charge in [0.05, 0.1) is 4.92 Å². The number of hydrogen-bond acceptors (Lipinski definition) is 6. The Morgan fingerprint density at radius 2 is 1.88 bits per heavy atom. The number of nitro benzene ring substituents is 1. The summed E-state index contributed by atoms with van der Waals surface area (Å²) in [5.41, 5.74) is -0.861. The van der Waals surface area contributed by atoms with Crippen molar-refractivity contribution < 1.29 is 24.0 Å². The van der Waals surface area contributed by atoms with Crippen LogP contribution in [0.1, 0.15) is 5.56 Å². The second-order valence-electron chi connectivity index (χ2n) is 2.80. The summed E-state index contributed by atoms with van der Waals surface area (Å²) in [6, 6.07) is 5.34. The van der Waals surface area contributed by atoms with Gasteiger partial charge in [0.2, 0.25) is 0 Å². The maximum atomic E-state index is 10.7. The fraction of sp³-hybridized carbons (Fsp3) is 0.111. The molecule has 0 aromatic heterocycles. The van der Waals surface area contributed by atoms with Crippen molar-refractivity contribution in [1.29, 1.82) is 0 Å². The molecule has 0 radical (unpaired) electrons. The number of non-ortho nitro benzene ring substituents is 1. The lowest BCUT2D eigenvalue weighted by atomic mass is 10.2. The molecular formula is C9H6ClNO6. The van der Waals surface area contributed by atoms with Crippen LogP contribution in [0, 0.1) is 10.1 Å². The Labute approximate surface area is 100 Å². The van der Waals surface area contributed by atoms with Gasteiger partial charge in [-0.1, -0.05) is 0 Å². The summed E-state index contributed by atoms with van der Waals surface area (Å²) >= 11 is 4.77. The lowest BCUT2D eigenvalue weighted by molar-refractivity contribution is -0.384. The molecular weight excluding hydrogens is 254 g/mol. The molecule has 0 unspecified atom stereocenters. The minimum absolute atomic E-state index is 0.0766. The van der Waals surface area contributed by atoms with Gasteiger partial charge >= 0.3 is 11.6 Å². The molecule has 8 heteroatoms. The number of hydrogen-bond donors (Lipinski definition) is 0. The monoisotopic (exact) mass is 259 g/mol. The quantitative estimate of drug-likeness (QED) is 0.272. The standard InChI is InChI=1S/C9H6ClNO6/c10-8(12)17-9(13)16-5-6-1-3-7(4-2-6)11(14)15/h1-4H,5H2. The lowest BCUT2D eigenvalue weighted by Crippen LogP contribution is -2.08. The number of carbonyl (C=O) groups is 2. The highest BCUT2D eigenvalue weighted by Gasteiger charge is 2.09. The van der Waals surface area contributed by atoms with Gasteiger partial charge in [0.25, 0.3) is 5.69 Å². The van der Waals surface area contributed by atoms with Gasteiger partial charge < -0.3 is 9.47 Å². The van der Waals surface area contributed by atoms with Gasteiger partial charge in [0.15, 0.2) is 0 Å². The second kappa shape index (κ2) is 5.80. The van der Waals surface area contributed by atoms with E-state index in [0.29, 0.717) is 5.56 Å². The largest absolute Gasteiger partial charge is 0.517 e. The highest BCUT2D eigenvalue weighted by Crippen LogP contribution is 2.12. The van der Waals surface area contributed by atoms with Gasteiger partial charge in [-0.15, -0.1) is 0 Å². The zero-order chi connectivity index (χ0) is 12.8. The first-order valence-corrected chi connectivity index (χ1v) is 4.64. The summed E-state index contributed by atoms with van der Waals surface area (Å²) in [7, 11) is 0. The Morgan fingerprint density at radius 3 is 2.35 bits per heavy atom. The SMILES string of the molecule is O=C(Cl)OC(=O)OCc1ccc([N+](=O)[O-])cc1. The van der Waals surface area contributed by atoms with Crippen molar-refractivity contribution in [2.45, 2.75) is 6.61 Å². The van der Waals surface area contributed by atoms with Crippen molar-refractivity contribution in [2.75, 3.05) is 0 Å². The van der Waals surface area contributed by atoms with E-state index in [-0.39, 0.29) is 12.3 Å². The Hall–Kier alpha value is -2.15. The van der Waals surface area contributed by atoms with Crippen LogP contribution in [-0.4, -0.2) is 16.5 Å². The van der Waals surface area contributed by atoms with E-state index in [9.17, 15) is 19.7 Å². The third-order valence-electron chi connectivity index (χ3n) is 1.67. The summed E-state index contributed by atoms with van der Waals surface area (Å²) in [5, 5.41) is 10.3. The first kappa shape index (κ1) is 12.9. The Kier molecular flexibility index (Phi) is 4.41. The molecule has 0 saturated heterocycles. The van der Waals surface area contributed by atoms with Gasteiger partial charge in [0.1, 0.15) is 6.61 Å². The lowest BCUT2D eigenvalue weighted by Gasteiger charge is -2.02. The third-order valence-corrected chi connectivity index (χ3v) is 1.74. The van der Waals surface area contributed by atoms with E-state index >= 15 is 0 Å². The molecule has 90 valence electrons. The van der Waals surface area contributed by atoms with Crippen molar-refractivity contribution in [1.82, 2.24) is 0 Å². The summed E-state index contributed by atoms with van der Waals surface area (Å²) in [6.07, 6.45) is -1.23. The van der Waals surface area contributed by atoms with E-state index in [2.05, 4.69) is 9.47 Å². The van der Waals surface area contributed by atoms with E-state index in [1.807, 2.05) is 0 Å². The molecule has 0 spiro atoms. The number of benzene rings is 1. The number of rotatable bonds is 3. The van der Waals surface area contributed by atoms with Gasteiger partial charge in [-0.25, -0.2) is 9.59 Å². The molecule has 1 rings (SSSR count). The van der Waals surface area contributed by atoms with Crippen LogP contribution in [0.25, 0.3) is 0 Å². The maximum absolute atomic E-state index is 10.7. The molecule has 7 nitrogen and oxygen atoms in total. The van der Waals surface area contributed by atoms with E-state index in [1.165, 1.54) is 24.3 Å². The average Bonchev–Trinajstić information content (AvgIpc) is 2.26. The van der Waals surface area contributed by atoms with Crippen molar-refractivity contribution in [3.05, 3.63) is 39.9 Å². The predicted molar refractivity (Wildman–Crippen MR) is 55.6 cm³/mol. The minimum Gasteiger partial charge on any atom is -0.429 e. The maximum Gasteiger partial charge on any atom is 0.517 e. The fourth-order valence-corrected chi connectivity index (χ4v) is 1.01. The highest BCUT2D eigenvalue weighted by atomic mass is 35.5. The molecule has 0 atom stereocenters. The minimum atomic E-state index is -1.29. The average molecular weight is 260 g/mol. The predicted octanol–water partition coefficient (Wildman–Crippen LogP) is 2.61. The molecule has 0 bridgehead atoms. The molecule has 1 aromatic carbocycles. The van der Waals surface area contributed by atoms with Crippen LogP contribution in [0.5, 0.6) is 0 Å². The van der Waals surface area contributed by atoms with Crippen LogP contribution < -0.4 is 0 Å². The first-order valence-electron chi connectivity index (χ1n) is 4.26. The van der Waals surface area contributed by atoms with Gasteiger partial charge in [0, 0.05) is 23.7 Å². The van der Waals surface area contributed by atoms with Crippen LogP contribution >= 0.6 is 11.6 Å². The molecule has 0 saturated carbocycles. The Morgan fingerprint density at radius 1 is 1.29 bits per heavy atom. The zero-order valence-electron chi connectivity index (χ0n) is 8.29. The molecule has 17 heavy (non-hydrogen) atoms. The second-order valence-corrected chi connectivity index (χ2v) is 3.11. The topological polar surface area (TPSA) is 95.7 Å². The van der Waals surface area contributed by atoms with Crippen molar-refractivity contribution in [2.24, 2.45) is 0 Å². The highest BCUT2D eigenvalue weighted by molar-refractivity contribution is 6.61. The molecule has 0 aliphatic carbocycles. The smallest absolute Gasteiger partial charge is 0.429 e. The molecule has 0 aliphatic rings. The molecule has 0 heterocycles. The van der Waals surface area contributed by atoms with E-state index in [1.54, 1.807) is 0 Å². The van der Waals surface area contributed by atoms with Gasteiger partial charge in [-0.2, -0.15) is 0 Å². The van der Waals surface area contributed by atoms with Crippen molar-refractivity contribution in [3.63, 3.8) is 0 Å². The summed E-state index contributed by atoms with van der Waals surface area (Å²) in [6.45, 7) is -0.180. The number of ether oxygens (including phenoxy) is 2. The summed E-state index contributed by atoms with van der Waals surface area (Å²) < 4.78 is 8.39. The number of nitro groups is 1. The zero-order valence-corrected chi connectivity index (χ0v) is 9.05. The Bertz CT molecular complexity index is 443. The first-order chi connectivity index (χ1) is 7.99. The fourth-order valence-electron chi connectivity index (χ4n) is 0.951. The van der Waals surface area contributed by atoms with E-state index in [4.69, 9.17) is 11.6 Å². The molecule has 0 amide bonds. The molecule has 0 N–H and O–H groups in total. The van der Waals surface area contributed by atoms with Crippen LogP contribution in [-0.2, 0) is 16.1 Å². The van der Waals surface area contributed by atoms with Crippen LogP contribution in [0.2, 0.25) is 0 Å². The number of nitrogens with zero attached hydrogens (tertiary/aromatic N) is 1. The normalized spacial score (nSPS) is 9.47. The van der Waals surface area contributed by atoms with Crippen LogP contribution in [0.4, 0.5) is 15.3 Å². The van der Waals surface area contributed by atoms with Crippen LogP contribution in [0.15, 0.2) is 24.3 Å². The van der Waals surface area contributed by atoms with Gasteiger partial charge in [-0.3, -0.25) is 10.1 Å². The number of carbonyl (C=O) groups excluding carboxylic acids is 2. The number of halogens is 1. The van der Waals surface area contributed by atoms with E-state index in [0.717, 1.165) is 0 Å². The van der Waals surface area contributed by atoms with Crippen molar-refractivity contribution in [3.8, 4) is 0 Å². The third kappa shape index (κ3) is 4.47. The van der Waals surface area contributed by atoms with Gasteiger partial charge in [-0.05, 0) is 17.7 Å². The summed E-state index contributed by atoms with van der Waals surface area (Å²) in [4.78, 5) is 30.7. The molecule has 0 aliphatic heterocycles. The summed E-state index contributed by atoms with van der Waals surface area (Å²) in [5.74, 6) is 0. The van der Waals surface area contributed by atoms with E-state index < -0.39 is 16.5 Å². The molecule has 0 fully saturated rings.